The molecule has 2 rings (SSSR count). The summed E-state index contributed by atoms with van der Waals surface area (Å²) < 4.78 is 5.48. The van der Waals surface area contributed by atoms with Crippen molar-refractivity contribution < 1.29 is 4.42 Å². The van der Waals surface area contributed by atoms with Gasteiger partial charge in [-0.25, -0.2) is 4.98 Å². The van der Waals surface area contributed by atoms with Crippen LogP contribution >= 0.6 is 0 Å². The van der Waals surface area contributed by atoms with E-state index in [4.69, 9.17) is 4.42 Å². The lowest BCUT2D eigenvalue weighted by Gasteiger charge is -2.35. The molecule has 0 aromatic carbocycles. The molecule has 18 heavy (non-hydrogen) atoms. The number of hydrogen-bond acceptors (Lipinski definition) is 4. The van der Waals surface area contributed by atoms with Crippen molar-refractivity contribution in [2.75, 3.05) is 19.6 Å². The van der Waals surface area contributed by atoms with Gasteiger partial charge in [0.2, 0.25) is 5.89 Å². The van der Waals surface area contributed by atoms with Gasteiger partial charge in [-0.05, 0) is 45.7 Å². The lowest BCUT2D eigenvalue weighted by atomic mass is 9.91. The molecule has 0 aliphatic carbocycles. The number of hydrogen-bond donors (Lipinski definition) is 1. The Balaban J connectivity index is 1.78. The summed E-state index contributed by atoms with van der Waals surface area (Å²) in [4.78, 5) is 6.77. The standard InChI is InChI=1S/C14H25N3O/c1-4-17-7-5-6-13(10-17)12(3)15-9-14-16-8-11(2)18-14/h8,12-13,15H,4-7,9-10H2,1-3H3. The van der Waals surface area contributed by atoms with Gasteiger partial charge in [0.1, 0.15) is 5.76 Å². The number of oxazole rings is 1. The maximum absolute atomic E-state index is 5.48. The van der Waals surface area contributed by atoms with E-state index in [-0.39, 0.29) is 0 Å². The van der Waals surface area contributed by atoms with Crippen LogP contribution in [0.2, 0.25) is 0 Å². The van der Waals surface area contributed by atoms with E-state index in [9.17, 15) is 0 Å². The molecule has 2 unspecified atom stereocenters. The molecule has 1 aliphatic rings. The Morgan fingerprint density at radius 3 is 3.11 bits per heavy atom. The molecular weight excluding hydrogens is 226 g/mol. The summed E-state index contributed by atoms with van der Waals surface area (Å²) in [5.41, 5.74) is 0. The second kappa shape index (κ2) is 6.34. The van der Waals surface area contributed by atoms with E-state index < -0.39 is 0 Å². The Morgan fingerprint density at radius 1 is 1.61 bits per heavy atom. The third kappa shape index (κ3) is 3.56. The molecular formula is C14H25N3O. The van der Waals surface area contributed by atoms with Crippen LogP contribution in [0.15, 0.2) is 10.6 Å². The summed E-state index contributed by atoms with van der Waals surface area (Å²) in [6, 6.07) is 0.520. The Bertz CT molecular complexity index is 364. The summed E-state index contributed by atoms with van der Waals surface area (Å²) in [5.74, 6) is 2.42. The molecule has 4 heteroatoms. The lowest BCUT2D eigenvalue weighted by Crippen LogP contribution is -2.44. The maximum Gasteiger partial charge on any atom is 0.208 e. The van der Waals surface area contributed by atoms with Crippen LogP contribution in [0.3, 0.4) is 0 Å². The lowest BCUT2D eigenvalue weighted by molar-refractivity contribution is 0.155. The smallest absolute Gasteiger partial charge is 0.208 e. The van der Waals surface area contributed by atoms with Crippen LogP contribution in [0, 0.1) is 12.8 Å². The Kier molecular flexibility index (Phi) is 4.78. The van der Waals surface area contributed by atoms with Gasteiger partial charge < -0.3 is 14.6 Å². The molecule has 1 aliphatic heterocycles. The zero-order valence-corrected chi connectivity index (χ0v) is 11.8. The fraction of sp³-hybridized carbons (Fsp3) is 0.786. The van der Waals surface area contributed by atoms with Crippen molar-refractivity contribution in [3.8, 4) is 0 Å². The summed E-state index contributed by atoms with van der Waals surface area (Å²) in [7, 11) is 0. The predicted molar refractivity (Wildman–Crippen MR) is 72.4 cm³/mol. The minimum Gasteiger partial charge on any atom is -0.445 e. The number of aromatic nitrogens is 1. The highest BCUT2D eigenvalue weighted by Crippen LogP contribution is 2.19. The topological polar surface area (TPSA) is 41.3 Å². The van der Waals surface area contributed by atoms with Crippen molar-refractivity contribution >= 4 is 0 Å². The van der Waals surface area contributed by atoms with Gasteiger partial charge in [-0.15, -0.1) is 0 Å². The van der Waals surface area contributed by atoms with E-state index >= 15 is 0 Å². The summed E-state index contributed by atoms with van der Waals surface area (Å²) in [6.07, 6.45) is 4.43. The normalized spacial score (nSPS) is 23.2. The van der Waals surface area contributed by atoms with Crippen LogP contribution in [0.5, 0.6) is 0 Å². The Morgan fingerprint density at radius 2 is 2.44 bits per heavy atom. The van der Waals surface area contributed by atoms with Crippen molar-refractivity contribution in [2.45, 2.75) is 46.2 Å². The second-order valence-electron chi connectivity index (χ2n) is 5.33. The number of nitrogens with zero attached hydrogens (tertiary/aromatic N) is 2. The molecule has 4 nitrogen and oxygen atoms in total. The fourth-order valence-electron chi connectivity index (χ4n) is 2.68. The first-order valence-electron chi connectivity index (χ1n) is 7.06. The second-order valence-corrected chi connectivity index (χ2v) is 5.33. The molecule has 1 saturated heterocycles. The van der Waals surface area contributed by atoms with Crippen LogP contribution in [0.4, 0.5) is 0 Å². The van der Waals surface area contributed by atoms with Gasteiger partial charge in [0.15, 0.2) is 0 Å². The van der Waals surface area contributed by atoms with Crippen molar-refractivity contribution in [3.05, 3.63) is 17.8 Å². The van der Waals surface area contributed by atoms with E-state index in [1.54, 1.807) is 6.20 Å². The zero-order chi connectivity index (χ0) is 13.0. The highest BCUT2D eigenvalue weighted by Gasteiger charge is 2.23. The van der Waals surface area contributed by atoms with E-state index in [1.165, 1.54) is 32.5 Å². The van der Waals surface area contributed by atoms with Crippen molar-refractivity contribution in [1.29, 1.82) is 0 Å². The quantitative estimate of drug-likeness (QED) is 0.871. The molecule has 0 amide bonds. The number of piperidine rings is 1. The summed E-state index contributed by atoms with van der Waals surface area (Å²) in [6.45, 7) is 10.8. The summed E-state index contributed by atoms with van der Waals surface area (Å²) >= 11 is 0. The molecule has 2 atom stereocenters. The summed E-state index contributed by atoms with van der Waals surface area (Å²) in [5, 5.41) is 3.54. The van der Waals surface area contributed by atoms with Gasteiger partial charge in [-0.3, -0.25) is 0 Å². The molecule has 1 N–H and O–H groups in total. The minimum atomic E-state index is 0.520. The van der Waals surface area contributed by atoms with Gasteiger partial charge in [-0.1, -0.05) is 6.92 Å². The fourth-order valence-corrected chi connectivity index (χ4v) is 2.68. The van der Waals surface area contributed by atoms with Crippen LogP contribution in [0.25, 0.3) is 0 Å². The first kappa shape index (κ1) is 13.6. The molecule has 1 aromatic heterocycles. The predicted octanol–water partition coefficient (Wildman–Crippen LogP) is 2.19. The molecule has 1 aromatic rings. The van der Waals surface area contributed by atoms with E-state index in [0.717, 1.165) is 24.1 Å². The number of aryl methyl sites for hydroxylation is 1. The highest BCUT2D eigenvalue weighted by atomic mass is 16.4. The van der Waals surface area contributed by atoms with Gasteiger partial charge in [-0.2, -0.15) is 0 Å². The van der Waals surface area contributed by atoms with Crippen molar-refractivity contribution in [3.63, 3.8) is 0 Å². The van der Waals surface area contributed by atoms with Crippen molar-refractivity contribution in [1.82, 2.24) is 15.2 Å². The van der Waals surface area contributed by atoms with Crippen LogP contribution in [0.1, 0.15) is 38.3 Å². The third-order valence-electron chi connectivity index (χ3n) is 3.94. The van der Waals surface area contributed by atoms with E-state index in [2.05, 4.69) is 29.0 Å². The SMILES string of the molecule is CCN1CCCC(C(C)NCc2ncc(C)o2)C1. The van der Waals surface area contributed by atoms with Crippen molar-refractivity contribution in [2.24, 2.45) is 5.92 Å². The molecule has 0 radical (unpaired) electrons. The zero-order valence-electron chi connectivity index (χ0n) is 11.8. The third-order valence-corrected chi connectivity index (χ3v) is 3.94. The van der Waals surface area contributed by atoms with Gasteiger partial charge in [0, 0.05) is 12.6 Å². The average Bonchev–Trinajstić information content (AvgIpc) is 2.82. The van der Waals surface area contributed by atoms with Crippen LogP contribution in [-0.2, 0) is 6.54 Å². The average molecular weight is 251 g/mol. The number of likely N-dealkylation sites (tertiary alicyclic amines) is 1. The van der Waals surface area contributed by atoms with E-state index in [0.29, 0.717) is 6.04 Å². The monoisotopic (exact) mass is 251 g/mol. The molecule has 2 heterocycles. The van der Waals surface area contributed by atoms with Crippen LogP contribution in [-0.4, -0.2) is 35.6 Å². The number of rotatable bonds is 5. The molecule has 0 bridgehead atoms. The minimum absolute atomic E-state index is 0.520. The number of nitrogens with one attached hydrogen (secondary N) is 1. The van der Waals surface area contributed by atoms with E-state index in [1.807, 2.05) is 6.92 Å². The Labute approximate surface area is 110 Å². The molecule has 1 fully saturated rings. The molecule has 0 saturated carbocycles. The molecule has 0 spiro atoms. The highest BCUT2D eigenvalue weighted by molar-refractivity contribution is 4.91. The Hall–Kier alpha value is -0.870. The van der Waals surface area contributed by atoms with Crippen LogP contribution < -0.4 is 5.32 Å². The largest absolute Gasteiger partial charge is 0.445 e. The first-order chi connectivity index (χ1) is 8.69. The maximum atomic E-state index is 5.48. The molecule has 102 valence electrons. The van der Waals surface area contributed by atoms with Gasteiger partial charge in [0.25, 0.3) is 0 Å². The first-order valence-corrected chi connectivity index (χ1v) is 7.06. The van der Waals surface area contributed by atoms with Gasteiger partial charge >= 0.3 is 0 Å². The van der Waals surface area contributed by atoms with Gasteiger partial charge in [0.05, 0.1) is 12.7 Å².